The molecule has 3 nitrogen and oxygen atoms in total. The van der Waals surface area contributed by atoms with E-state index in [-0.39, 0.29) is 11.7 Å². The van der Waals surface area contributed by atoms with Gasteiger partial charge in [-0.3, -0.25) is 4.79 Å². The van der Waals surface area contributed by atoms with Gasteiger partial charge in [-0.15, -0.1) is 0 Å². The van der Waals surface area contributed by atoms with E-state index < -0.39 is 6.04 Å². The first kappa shape index (κ1) is 12.8. The molecule has 0 aliphatic heterocycles. The number of rotatable bonds is 3. The molecule has 0 fully saturated rings. The highest BCUT2D eigenvalue weighted by Crippen LogP contribution is 2.13. The molecular weight excluding hydrogens is 243 g/mol. The van der Waals surface area contributed by atoms with Gasteiger partial charge in [-0.05, 0) is 29.8 Å². The smallest absolute Gasteiger partial charge is 0.252 e. The Morgan fingerprint density at radius 2 is 1.74 bits per heavy atom. The lowest BCUT2D eigenvalue weighted by Crippen LogP contribution is -2.27. The summed E-state index contributed by atoms with van der Waals surface area (Å²) < 4.78 is 12.8. The van der Waals surface area contributed by atoms with Crippen LogP contribution in [0.2, 0.25) is 0 Å². The molecular formula is C15H11FN2O. The van der Waals surface area contributed by atoms with Crippen molar-refractivity contribution in [1.29, 1.82) is 5.26 Å². The lowest BCUT2D eigenvalue weighted by molar-refractivity contribution is 0.0945. The molecule has 0 aliphatic rings. The van der Waals surface area contributed by atoms with E-state index in [1.165, 1.54) is 24.3 Å². The predicted octanol–water partition coefficient (Wildman–Crippen LogP) is 2.82. The molecule has 0 saturated carbocycles. The highest BCUT2D eigenvalue weighted by atomic mass is 19.1. The Morgan fingerprint density at radius 3 is 2.32 bits per heavy atom. The molecule has 1 amide bonds. The topological polar surface area (TPSA) is 52.9 Å². The minimum Gasteiger partial charge on any atom is -0.333 e. The Bertz CT molecular complexity index is 602. The van der Waals surface area contributed by atoms with Crippen molar-refractivity contribution in [2.24, 2.45) is 0 Å². The Labute approximate surface area is 110 Å². The molecule has 0 radical (unpaired) electrons. The molecule has 0 aromatic heterocycles. The second kappa shape index (κ2) is 5.78. The van der Waals surface area contributed by atoms with E-state index in [1.807, 2.05) is 6.07 Å². The van der Waals surface area contributed by atoms with Crippen LogP contribution in [0.1, 0.15) is 22.0 Å². The number of nitriles is 1. The number of carbonyl (C=O) groups is 1. The molecule has 1 N–H and O–H groups in total. The number of benzene rings is 2. The van der Waals surface area contributed by atoms with Crippen molar-refractivity contribution in [3.8, 4) is 6.07 Å². The van der Waals surface area contributed by atoms with Gasteiger partial charge >= 0.3 is 0 Å². The van der Waals surface area contributed by atoms with Gasteiger partial charge in [-0.1, -0.05) is 30.3 Å². The first-order valence-corrected chi connectivity index (χ1v) is 5.71. The summed E-state index contributed by atoms with van der Waals surface area (Å²) in [6, 6.07) is 15.3. The zero-order chi connectivity index (χ0) is 13.7. The third kappa shape index (κ3) is 3.17. The Hall–Kier alpha value is -2.67. The Kier molecular flexibility index (Phi) is 3.89. The lowest BCUT2D eigenvalue weighted by Gasteiger charge is -2.11. The van der Waals surface area contributed by atoms with Crippen LogP contribution in [-0.2, 0) is 0 Å². The van der Waals surface area contributed by atoms with E-state index in [1.54, 1.807) is 30.3 Å². The third-order valence-electron chi connectivity index (χ3n) is 2.64. The average molecular weight is 254 g/mol. The minimum absolute atomic E-state index is 0.337. The summed E-state index contributed by atoms with van der Waals surface area (Å²) in [5, 5.41) is 11.7. The van der Waals surface area contributed by atoms with Crippen LogP contribution in [0.5, 0.6) is 0 Å². The molecule has 19 heavy (non-hydrogen) atoms. The van der Waals surface area contributed by atoms with E-state index in [0.717, 1.165) is 0 Å². The minimum atomic E-state index is -0.798. The van der Waals surface area contributed by atoms with Crippen LogP contribution in [0.4, 0.5) is 4.39 Å². The largest absolute Gasteiger partial charge is 0.333 e. The monoisotopic (exact) mass is 254 g/mol. The fourth-order valence-electron chi connectivity index (χ4n) is 1.65. The van der Waals surface area contributed by atoms with Crippen LogP contribution in [0.15, 0.2) is 54.6 Å². The summed E-state index contributed by atoms with van der Waals surface area (Å²) in [4.78, 5) is 11.9. The van der Waals surface area contributed by atoms with Gasteiger partial charge in [0.15, 0.2) is 0 Å². The van der Waals surface area contributed by atoms with Crippen LogP contribution in [0, 0.1) is 17.1 Å². The normalized spacial score (nSPS) is 11.4. The first-order valence-electron chi connectivity index (χ1n) is 5.71. The number of hydrogen-bond acceptors (Lipinski definition) is 2. The van der Waals surface area contributed by atoms with E-state index in [2.05, 4.69) is 5.32 Å². The van der Waals surface area contributed by atoms with Crippen LogP contribution in [0.3, 0.4) is 0 Å². The predicted molar refractivity (Wildman–Crippen MR) is 68.7 cm³/mol. The standard InChI is InChI=1S/C15H11FN2O/c16-13-8-6-11(7-9-13)14(10-17)18-15(19)12-4-2-1-3-5-12/h1-9,14H,(H,18,19). The SMILES string of the molecule is N#CC(NC(=O)c1ccccc1)c1ccc(F)cc1. The lowest BCUT2D eigenvalue weighted by atomic mass is 10.1. The number of nitrogens with zero attached hydrogens (tertiary/aromatic N) is 1. The summed E-state index contributed by atoms with van der Waals surface area (Å²) in [5.41, 5.74) is 1.03. The molecule has 0 saturated heterocycles. The molecule has 2 aromatic rings. The molecule has 4 heteroatoms. The Balaban J connectivity index is 2.14. The van der Waals surface area contributed by atoms with E-state index in [9.17, 15) is 9.18 Å². The van der Waals surface area contributed by atoms with Gasteiger partial charge in [0, 0.05) is 5.56 Å². The molecule has 0 spiro atoms. The van der Waals surface area contributed by atoms with Crippen LogP contribution in [-0.4, -0.2) is 5.91 Å². The number of hydrogen-bond donors (Lipinski definition) is 1. The summed E-state index contributed by atoms with van der Waals surface area (Å²) >= 11 is 0. The van der Waals surface area contributed by atoms with Crippen molar-refractivity contribution >= 4 is 5.91 Å². The summed E-state index contributed by atoms with van der Waals surface area (Å²) in [6.07, 6.45) is 0. The van der Waals surface area contributed by atoms with Gasteiger partial charge in [0.1, 0.15) is 11.9 Å². The average Bonchev–Trinajstić information content (AvgIpc) is 2.46. The zero-order valence-corrected chi connectivity index (χ0v) is 10.0. The molecule has 0 heterocycles. The molecule has 1 unspecified atom stereocenters. The van der Waals surface area contributed by atoms with Gasteiger partial charge in [0.2, 0.25) is 0 Å². The fraction of sp³-hybridized carbons (Fsp3) is 0.0667. The van der Waals surface area contributed by atoms with Gasteiger partial charge in [-0.25, -0.2) is 4.39 Å². The quantitative estimate of drug-likeness (QED) is 0.915. The number of nitrogens with one attached hydrogen (secondary N) is 1. The molecule has 94 valence electrons. The van der Waals surface area contributed by atoms with Gasteiger partial charge < -0.3 is 5.32 Å². The Morgan fingerprint density at radius 1 is 1.11 bits per heavy atom. The number of carbonyl (C=O) groups excluding carboxylic acids is 1. The van der Waals surface area contributed by atoms with Crippen molar-refractivity contribution in [1.82, 2.24) is 5.32 Å². The summed E-state index contributed by atoms with van der Waals surface area (Å²) in [7, 11) is 0. The van der Waals surface area contributed by atoms with Crippen molar-refractivity contribution < 1.29 is 9.18 Å². The van der Waals surface area contributed by atoms with Crippen LogP contribution >= 0.6 is 0 Å². The van der Waals surface area contributed by atoms with E-state index >= 15 is 0 Å². The molecule has 2 aromatic carbocycles. The summed E-state index contributed by atoms with van der Waals surface area (Å²) in [6.45, 7) is 0. The van der Waals surface area contributed by atoms with Crippen molar-refractivity contribution in [2.45, 2.75) is 6.04 Å². The molecule has 0 aliphatic carbocycles. The fourth-order valence-corrected chi connectivity index (χ4v) is 1.65. The van der Waals surface area contributed by atoms with Crippen molar-refractivity contribution in [2.75, 3.05) is 0 Å². The van der Waals surface area contributed by atoms with E-state index in [4.69, 9.17) is 5.26 Å². The maximum Gasteiger partial charge on any atom is 0.252 e. The summed E-state index contributed by atoms with van der Waals surface area (Å²) in [5.74, 6) is -0.716. The van der Waals surface area contributed by atoms with Crippen molar-refractivity contribution in [3.63, 3.8) is 0 Å². The molecule has 1 atom stereocenters. The van der Waals surface area contributed by atoms with Gasteiger partial charge in [-0.2, -0.15) is 5.26 Å². The maximum absolute atomic E-state index is 12.8. The van der Waals surface area contributed by atoms with E-state index in [0.29, 0.717) is 11.1 Å². The second-order valence-electron chi connectivity index (χ2n) is 3.95. The third-order valence-corrected chi connectivity index (χ3v) is 2.64. The van der Waals surface area contributed by atoms with Crippen LogP contribution in [0.25, 0.3) is 0 Å². The van der Waals surface area contributed by atoms with Gasteiger partial charge in [0.05, 0.1) is 6.07 Å². The number of halogens is 1. The second-order valence-corrected chi connectivity index (χ2v) is 3.95. The highest BCUT2D eigenvalue weighted by molar-refractivity contribution is 5.94. The molecule has 2 rings (SSSR count). The molecule has 0 bridgehead atoms. The van der Waals surface area contributed by atoms with Crippen molar-refractivity contribution in [3.05, 3.63) is 71.5 Å². The first-order chi connectivity index (χ1) is 9.20. The highest BCUT2D eigenvalue weighted by Gasteiger charge is 2.14. The van der Waals surface area contributed by atoms with Gasteiger partial charge in [0.25, 0.3) is 5.91 Å². The maximum atomic E-state index is 12.8. The van der Waals surface area contributed by atoms with Crippen LogP contribution < -0.4 is 5.32 Å². The zero-order valence-electron chi connectivity index (χ0n) is 10.0. The number of amides is 1.